The van der Waals surface area contributed by atoms with Gasteiger partial charge in [0.1, 0.15) is 5.82 Å². The molecule has 8 heteroatoms. The second-order valence-electron chi connectivity index (χ2n) is 9.11. The van der Waals surface area contributed by atoms with Gasteiger partial charge in [0.15, 0.2) is 0 Å². The first-order valence-electron chi connectivity index (χ1n) is 11.2. The summed E-state index contributed by atoms with van der Waals surface area (Å²) in [5.74, 6) is 0.927. The van der Waals surface area contributed by atoms with Gasteiger partial charge in [-0.2, -0.15) is 9.40 Å². The van der Waals surface area contributed by atoms with E-state index >= 15 is 0 Å². The second kappa shape index (κ2) is 9.49. The lowest BCUT2D eigenvalue weighted by Crippen LogP contribution is -2.42. The minimum absolute atomic E-state index is 0.213. The Morgan fingerprint density at radius 2 is 1.76 bits per heavy atom. The highest BCUT2D eigenvalue weighted by molar-refractivity contribution is 7.89. The number of carbonyl (C=O) groups is 1. The van der Waals surface area contributed by atoms with Crippen molar-refractivity contribution in [2.45, 2.75) is 38.6 Å². The fraction of sp³-hybridized carbons (Fsp3) is 0.360. The molecule has 2 heterocycles. The monoisotopic (exact) mass is 466 g/mol. The van der Waals surface area contributed by atoms with E-state index in [0.29, 0.717) is 42.9 Å². The van der Waals surface area contributed by atoms with E-state index in [4.69, 9.17) is 0 Å². The van der Waals surface area contributed by atoms with E-state index in [1.165, 1.54) is 12.1 Å². The Morgan fingerprint density at radius 3 is 2.42 bits per heavy atom. The van der Waals surface area contributed by atoms with Gasteiger partial charge in [0.2, 0.25) is 10.0 Å². The van der Waals surface area contributed by atoms with Gasteiger partial charge < -0.3 is 5.32 Å². The number of rotatable bonds is 6. The van der Waals surface area contributed by atoms with Crippen LogP contribution in [-0.4, -0.2) is 41.5 Å². The van der Waals surface area contributed by atoms with Gasteiger partial charge in [-0.05, 0) is 55.0 Å². The zero-order chi connectivity index (χ0) is 23.6. The van der Waals surface area contributed by atoms with E-state index in [9.17, 15) is 13.2 Å². The number of amides is 1. The van der Waals surface area contributed by atoms with Crippen LogP contribution in [0.4, 0.5) is 5.82 Å². The summed E-state index contributed by atoms with van der Waals surface area (Å²) in [6.07, 6.45) is 2.67. The van der Waals surface area contributed by atoms with Crippen molar-refractivity contribution in [3.05, 3.63) is 77.5 Å². The summed E-state index contributed by atoms with van der Waals surface area (Å²) in [6, 6.07) is 16.0. The number of aryl methyl sites for hydroxylation is 1. The summed E-state index contributed by atoms with van der Waals surface area (Å²) < 4.78 is 29.4. The molecule has 1 fully saturated rings. The minimum Gasteiger partial charge on any atom is -0.307 e. The molecule has 4 rings (SSSR count). The molecule has 0 aliphatic carbocycles. The summed E-state index contributed by atoms with van der Waals surface area (Å²) in [5, 5.41) is 7.19. The number of nitrogens with zero attached hydrogens (tertiary/aromatic N) is 3. The summed E-state index contributed by atoms with van der Waals surface area (Å²) in [7, 11) is -3.58. The highest BCUT2D eigenvalue weighted by Crippen LogP contribution is 2.27. The maximum Gasteiger partial charge on any atom is 0.256 e. The molecule has 2 unspecified atom stereocenters. The van der Waals surface area contributed by atoms with Gasteiger partial charge >= 0.3 is 0 Å². The lowest BCUT2D eigenvalue weighted by atomic mass is 9.94. The van der Waals surface area contributed by atoms with E-state index in [2.05, 4.69) is 30.3 Å². The number of hydrogen-bond acceptors (Lipinski definition) is 4. The molecule has 0 radical (unpaired) electrons. The van der Waals surface area contributed by atoms with Crippen molar-refractivity contribution in [1.82, 2.24) is 14.1 Å². The minimum atomic E-state index is -3.58. The number of piperidine rings is 1. The van der Waals surface area contributed by atoms with Crippen LogP contribution >= 0.6 is 0 Å². The average molecular weight is 467 g/mol. The first-order valence-corrected chi connectivity index (χ1v) is 12.7. The fourth-order valence-electron chi connectivity index (χ4n) is 4.47. The van der Waals surface area contributed by atoms with E-state index in [1.807, 2.05) is 25.1 Å². The number of sulfonamides is 1. The number of nitrogens with one attached hydrogen (secondary N) is 1. The van der Waals surface area contributed by atoms with Crippen molar-refractivity contribution in [3.63, 3.8) is 0 Å². The van der Waals surface area contributed by atoms with Crippen LogP contribution in [0.2, 0.25) is 0 Å². The van der Waals surface area contributed by atoms with E-state index < -0.39 is 10.0 Å². The van der Waals surface area contributed by atoms with Crippen molar-refractivity contribution < 1.29 is 13.2 Å². The number of anilines is 1. The van der Waals surface area contributed by atoms with Crippen molar-refractivity contribution in [2.75, 3.05) is 18.4 Å². The van der Waals surface area contributed by atoms with E-state index in [0.717, 1.165) is 17.5 Å². The highest BCUT2D eigenvalue weighted by atomic mass is 32.2. The fourth-order valence-corrected chi connectivity index (χ4v) is 6.15. The molecule has 1 saturated heterocycles. The average Bonchev–Trinajstić information content (AvgIpc) is 3.19. The molecule has 0 spiro atoms. The third-order valence-electron chi connectivity index (χ3n) is 5.96. The highest BCUT2D eigenvalue weighted by Gasteiger charge is 2.31. The van der Waals surface area contributed by atoms with Gasteiger partial charge in [0.25, 0.3) is 5.91 Å². The zero-order valence-corrected chi connectivity index (χ0v) is 20.0. The van der Waals surface area contributed by atoms with Gasteiger partial charge in [0, 0.05) is 24.7 Å². The van der Waals surface area contributed by atoms with Gasteiger partial charge in [-0.1, -0.05) is 43.7 Å². The Morgan fingerprint density at radius 1 is 1.06 bits per heavy atom. The molecule has 1 aliphatic rings. The molecule has 1 amide bonds. The lowest BCUT2D eigenvalue weighted by molar-refractivity contribution is 0.102. The van der Waals surface area contributed by atoms with Crippen molar-refractivity contribution >= 4 is 21.7 Å². The Bertz CT molecular complexity index is 1220. The molecule has 1 N–H and O–H groups in total. The van der Waals surface area contributed by atoms with Crippen LogP contribution in [0.5, 0.6) is 0 Å². The van der Waals surface area contributed by atoms with Gasteiger partial charge in [-0.25, -0.2) is 13.1 Å². The molecule has 174 valence electrons. The Labute approximate surface area is 195 Å². The van der Waals surface area contributed by atoms with Crippen molar-refractivity contribution in [1.29, 1.82) is 0 Å². The van der Waals surface area contributed by atoms with Crippen LogP contribution in [0, 0.1) is 18.8 Å². The van der Waals surface area contributed by atoms with E-state index in [1.54, 1.807) is 33.4 Å². The largest absolute Gasteiger partial charge is 0.307 e. The number of carbonyl (C=O) groups excluding carboxylic acids is 1. The lowest BCUT2D eigenvalue weighted by Gasteiger charge is -2.34. The predicted octanol–water partition coefficient (Wildman–Crippen LogP) is 4.16. The quantitative estimate of drug-likeness (QED) is 0.591. The van der Waals surface area contributed by atoms with Crippen LogP contribution < -0.4 is 5.32 Å². The van der Waals surface area contributed by atoms with Crippen LogP contribution in [-0.2, 0) is 16.6 Å². The van der Waals surface area contributed by atoms with Crippen LogP contribution in [0.1, 0.15) is 41.8 Å². The second-order valence-corrected chi connectivity index (χ2v) is 11.0. The smallest absolute Gasteiger partial charge is 0.256 e. The number of aromatic nitrogens is 2. The normalized spacial score (nSPS) is 19.4. The summed E-state index contributed by atoms with van der Waals surface area (Å²) in [5.41, 5.74) is 2.64. The first-order chi connectivity index (χ1) is 15.7. The number of benzene rings is 2. The maximum absolute atomic E-state index is 13.1. The molecule has 2 aromatic carbocycles. The van der Waals surface area contributed by atoms with Gasteiger partial charge in [-0.3, -0.25) is 4.79 Å². The Balaban J connectivity index is 1.46. The molecule has 1 aliphatic heterocycles. The molecule has 0 saturated carbocycles. The Hall–Kier alpha value is -2.97. The molecule has 1 aromatic heterocycles. The van der Waals surface area contributed by atoms with Crippen molar-refractivity contribution in [2.24, 2.45) is 11.8 Å². The van der Waals surface area contributed by atoms with Crippen LogP contribution in [0.15, 0.2) is 65.7 Å². The van der Waals surface area contributed by atoms with Crippen molar-refractivity contribution in [3.8, 4) is 0 Å². The first kappa shape index (κ1) is 23.2. The van der Waals surface area contributed by atoms with Crippen LogP contribution in [0.3, 0.4) is 0 Å². The third kappa shape index (κ3) is 5.34. The van der Waals surface area contributed by atoms with E-state index in [-0.39, 0.29) is 10.8 Å². The molecule has 3 aromatic rings. The molecular weight excluding hydrogens is 436 g/mol. The summed E-state index contributed by atoms with van der Waals surface area (Å²) in [4.78, 5) is 13.0. The standard InChI is InChI=1S/C25H30N4O3S/c1-18-5-4-6-21(14-18)17-29-24(11-12-26-29)27-25(30)22-7-9-23(10-8-22)33(31,32)28-15-19(2)13-20(3)16-28/h4-12,14,19-20H,13,15-17H2,1-3H3,(H,27,30). The summed E-state index contributed by atoms with van der Waals surface area (Å²) in [6.45, 7) is 7.78. The topological polar surface area (TPSA) is 84.3 Å². The predicted molar refractivity (Wildman–Crippen MR) is 129 cm³/mol. The SMILES string of the molecule is Cc1cccc(Cn2nccc2NC(=O)c2ccc(S(=O)(=O)N3CC(C)CC(C)C3)cc2)c1. The summed E-state index contributed by atoms with van der Waals surface area (Å²) >= 11 is 0. The third-order valence-corrected chi connectivity index (χ3v) is 7.81. The maximum atomic E-state index is 13.1. The van der Waals surface area contributed by atoms with Gasteiger partial charge in [0.05, 0.1) is 17.6 Å². The Kier molecular flexibility index (Phi) is 6.67. The molecule has 2 atom stereocenters. The molecule has 0 bridgehead atoms. The molecule has 33 heavy (non-hydrogen) atoms. The van der Waals surface area contributed by atoms with Gasteiger partial charge in [-0.15, -0.1) is 0 Å². The zero-order valence-electron chi connectivity index (χ0n) is 19.2. The number of hydrogen-bond donors (Lipinski definition) is 1. The van der Waals surface area contributed by atoms with Crippen LogP contribution in [0.25, 0.3) is 0 Å². The molecule has 7 nitrogen and oxygen atoms in total. The molecular formula is C25H30N4O3S.